The number of benzene rings is 1. The first kappa shape index (κ1) is 9.90. The molecule has 1 atom stereocenters. The number of carbonyl (C=O) groups is 2. The van der Waals surface area contributed by atoms with Gasteiger partial charge in [-0.15, -0.1) is 0 Å². The third kappa shape index (κ3) is 1.54. The summed E-state index contributed by atoms with van der Waals surface area (Å²) < 4.78 is 0. The van der Waals surface area contributed by atoms with E-state index in [9.17, 15) is 9.59 Å². The number of ketones is 1. The highest BCUT2D eigenvalue weighted by Gasteiger charge is 2.30. The fraction of sp³-hybridized carbons (Fsp3) is 0.333. The Balaban J connectivity index is 2.54. The van der Waals surface area contributed by atoms with E-state index in [0.717, 1.165) is 5.69 Å². The molecule has 1 aliphatic rings. The van der Waals surface area contributed by atoms with Crippen LogP contribution in [-0.2, 0) is 4.79 Å². The van der Waals surface area contributed by atoms with E-state index in [1.807, 2.05) is 25.1 Å². The minimum atomic E-state index is -0.108. The summed E-state index contributed by atoms with van der Waals surface area (Å²) in [5, 5.41) is 0. The van der Waals surface area contributed by atoms with Gasteiger partial charge in [-0.1, -0.05) is 19.1 Å². The molecule has 0 radical (unpaired) electrons. The zero-order valence-electron chi connectivity index (χ0n) is 8.86. The van der Waals surface area contributed by atoms with Crippen LogP contribution in [0.5, 0.6) is 0 Å². The maximum absolute atomic E-state index is 11.8. The molecule has 1 aliphatic heterocycles. The molecule has 0 aliphatic carbocycles. The quantitative estimate of drug-likeness (QED) is 0.645. The van der Waals surface area contributed by atoms with E-state index in [2.05, 4.69) is 0 Å². The maximum Gasteiger partial charge on any atom is 0.223 e. The second-order valence-electron chi connectivity index (χ2n) is 3.91. The topological polar surface area (TPSA) is 37.4 Å². The predicted molar refractivity (Wildman–Crippen MR) is 58.0 cm³/mol. The number of Topliss-reactive ketones (excluding diaryl/α,β-unsaturated/α-hetero) is 1. The molecule has 1 heterocycles. The molecule has 1 unspecified atom stereocenters. The van der Waals surface area contributed by atoms with Crippen LogP contribution in [0.1, 0.15) is 24.2 Å². The molecular weight excluding hydrogens is 190 g/mol. The van der Waals surface area contributed by atoms with Gasteiger partial charge in [0.05, 0.1) is 5.69 Å². The van der Waals surface area contributed by atoms with Crippen LogP contribution in [-0.4, -0.2) is 18.2 Å². The van der Waals surface area contributed by atoms with Gasteiger partial charge in [0.15, 0.2) is 5.78 Å². The minimum Gasteiger partial charge on any atom is -0.311 e. The predicted octanol–water partition coefficient (Wildman–Crippen LogP) is 1.87. The number of para-hydroxylation sites is 1. The minimum absolute atomic E-state index is 0.0122. The van der Waals surface area contributed by atoms with Gasteiger partial charge in [0.1, 0.15) is 0 Å². The van der Waals surface area contributed by atoms with Crippen molar-refractivity contribution >= 4 is 17.4 Å². The Bertz CT molecular complexity index is 425. The molecule has 2 rings (SSSR count). The van der Waals surface area contributed by atoms with Gasteiger partial charge in [-0.25, -0.2) is 0 Å². The lowest BCUT2D eigenvalue weighted by atomic mass is 9.92. The molecule has 0 N–H and O–H groups in total. The third-order valence-corrected chi connectivity index (χ3v) is 2.74. The van der Waals surface area contributed by atoms with Crippen molar-refractivity contribution < 1.29 is 9.59 Å². The second-order valence-corrected chi connectivity index (χ2v) is 3.91. The van der Waals surface area contributed by atoms with Crippen LogP contribution in [0.3, 0.4) is 0 Å². The van der Waals surface area contributed by atoms with Crippen molar-refractivity contribution in [1.82, 2.24) is 0 Å². The van der Waals surface area contributed by atoms with E-state index in [1.54, 1.807) is 11.0 Å². The summed E-state index contributed by atoms with van der Waals surface area (Å²) in [5.74, 6) is 0.00806. The van der Waals surface area contributed by atoms with E-state index >= 15 is 0 Å². The van der Waals surface area contributed by atoms with E-state index in [0.29, 0.717) is 12.1 Å². The van der Waals surface area contributed by atoms with Gasteiger partial charge in [-0.05, 0) is 12.1 Å². The third-order valence-electron chi connectivity index (χ3n) is 2.74. The van der Waals surface area contributed by atoms with E-state index in [1.165, 1.54) is 6.92 Å². The van der Waals surface area contributed by atoms with Gasteiger partial charge in [0, 0.05) is 24.9 Å². The summed E-state index contributed by atoms with van der Waals surface area (Å²) in [6, 6.07) is 7.27. The maximum atomic E-state index is 11.8. The molecule has 0 saturated heterocycles. The Kier molecular flexibility index (Phi) is 2.31. The van der Waals surface area contributed by atoms with Crippen LogP contribution in [0.2, 0.25) is 0 Å². The van der Waals surface area contributed by atoms with Crippen LogP contribution in [0.25, 0.3) is 0 Å². The average Bonchev–Trinajstić information content (AvgIpc) is 2.23. The number of fused-ring (bicyclic) bond motifs is 1. The summed E-state index contributed by atoms with van der Waals surface area (Å²) in [7, 11) is 0. The highest BCUT2D eigenvalue weighted by molar-refractivity contribution is 6.09. The Labute approximate surface area is 88.7 Å². The zero-order chi connectivity index (χ0) is 11.0. The molecule has 0 spiro atoms. The van der Waals surface area contributed by atoms with Gasteiger partial charge in [0.2, 0.25) is 5.91 Å². The number of carbonyl (C=O) groups excluding carboxylic acids is 2. The molecule has 1 aromatic carbocycles. The standard InChI is InChI=1S/C12H13NO2/c1-8-7-13(9(2)14)11-6-4-3-5-10(11)12(8)15/h3-6,8H,7H2,1-2H3. The summed E-state index contributed by atoms with van der Waals surface area (Å²) >= 11 is 0. The molecule has 0 fully saturated rings. The largest absolute Gasteiger partial charge is 0.311 e. The van der Waals surface area contributed by atoms with Crippen molar-refractivity contribution in [1.29, 1.82) is 0 Å². The van der Waals surface area contributed by atoms with Gasteiger partial charge in [0.25, 0.3) is 0 Å². The Morgan fingerprint density at radius 1 is 1.40 bits per heavy atom. The fourth-order valence-electron chi connectivity index (χ4n) is 1.94. The molecular formula is C12H13NO2. The van der Waals surface area contributed by atoms with Crippen LogP contribution in [0, 0.1) is 5.92 Å². The molecule has 1 aromatic rings. The number of nitrogens with zero attached hydrogens (tertiary/aromatic N) is 1. The first-order chi connectivity index (χ1) is 7.11. The summed E-state index contributed by atoms with van der Waals surface area (Å²) in [5.41, 5.74) is 1.40. The van der Waals surface area contributed by atoms with Crippen molar-refractivity contribution in [2.24, 2.45) is 5.92 Å². The normalized spacial score (nSPS) is 20.0. The Hall–Kier alpha value is -1.64. The number of anilines is 1. The first-order valence-corrected chi connectivity index (χ1v) is 5.02. The van der Waals surface area contributed by atoms with Gasteiger partial charge < -0.3 is 4.90 Å². The summed E-state index contributed by atoms with van der Waals surface area (Å²) in [6.07, 6.45) is 0. The van der Waals surface area contributed by atoms with E-state index in [4.69, 9.17) is 0 Å². The van der Waals surface area contributed by atoms with Crippen molar-refractivity contribution in [3.63, 3.8) is 0 Å². The monoisotopic (exact) mass is 203 g/mol. The highest BCUT2D eigenvalue weighted by atomic mass is 16.2. The lowest BCUT2D eigenvalue weighted by Gasteiger charge is -2.31. The van der Waals surface area contributed by atoms with Crippen LogP contribution in [0.15, 0.2) is 24.3 Å². The Morgan fingerprint density at radius 3 is 2.73 bits per heavy atom. The number of rotatable bonds is 0. The Morgan fingerprint density at radius 2 is 2.07 bits per heavy atom. The SMILES string of the molecule is CC(=O)N1CC(C)C(=O)c2ccccc21. The molecule has 1 amide bonds. The van der Waals surface area contributed by atoms with Crippen LogP contribution in [0.4, 0.5) is 5.69 Å². The first-order valence-electron chi connectivity index (χ1n) is 5.02. The highest BCUT2D eigenvalue weighted by Crippen LogP contribution is 2.29. The number of hydrogen-bond acceptors (Lipinski definition) is 2. The molecule has 0 aromatic heterocycles. The average molecular weight is 203 g/mol. The number of amides is 1. The molecule has 78 valence electrons. The van der Waals surface area contributed by atoms with Gasteiger partial charge in [-0.3, -0.25) is 9.59 Å². The smallest absolute Gasteiger partial charge is 0.223 e. The van der Waals surface area contributed by atoms with Crippen LogP contribution >= 0.6 is 0 Å². The molecule has 0 bridgehead atoms. The van der Waals surface area contributed by atoms with Gasteiger partial charge >= 0.3 is 0 Å². The van der Waals surface area contributed by atoms with E-state index < -0.39 is 0 Å². The van der Waals surface area contributed by atoms with Crippen molar-refractivity contribution in [2.45, 2.75) is 13.8 Å². The fourth-order valence-corrected chi connectivity index (χ4v) is 1.94. The zero-order valence-corrected chi connectivity index (χ0v) is 8.86. The van der Waals surface area contributed by atoms with Gasteiger partial charge in [-0.2, -0.15) is 0 Å². The molecule has 15 heavy (non-hydrogen) atoms. The summed E-state index contributed by atoms with van der Waals surface area (Å²) in [6.45, 7) is 3.87. The van der Waals surface area contributed by atoms with Crippen molar-refractivity contribution in [2.75, 3.05) is 11.4 Å². The summed E-state index contributed by atoms with van der Waals surface area (Å²) in [4.78, 5) is 24.9. The number of hydrogen-bond donors (Lipinski definition) is 0. The lowest BCUT2D eigenvalue weighted by molar-refractivity contribution is -0.116. The lowest BCUT2D eigenvalue weighted by Crippen LogP contribution is -2.40. The second kappa shape index (κ2) is 3.50. The van der Waals surface area contributed by atoms with Crippen molar-refractivity contribution in [3.05, 3.63) is 29.8 Å². The molecule has 3 nitrogen and oxygen atoms in total. The van der Waals surface area contributed by atoms with Crippen LogP contribution < -0.4 is 4.90 Å². The van der Waals surface area contributed by atoms with E-state index in [-0.39, 0.29) is 17.6 Å². The molecule has 3 heteroatoms. The molecule has 0 saturated carbocycles. The van der Waals surface area contributed by atoms with Crippen molar-refractivity contribution in [3.8, 4) is 0 Å².